The maximum absolute atomic E-state index is 13.5. The molecule has 84 valence electrons. The van der Waals surface area contributed by atoms with Gasteiger partial charge in [-0.1, -0.05) is 0 Å². The van der Waals surface area contributed by atoms with Crippen LogP contribution in [0.25, 0.3) is 0 Å². The van der Waals surface area contributed by atoms with E-state index in [2.05, 4.69) is 15.3 Å². The minimum Gasteiger partial charge on any atom is -0.465 e. The van der Waals surface area contributed by atoms with Crippen molar-refractivity contribution in [2.75, 3.05) is 5.32 Å². The lowest BCUT2D eigenvalue weighted by atomic mass is 10.4. The largest absolute Gasteiger partial charge is 0.465 e. The molecule has 0 aliphatic carbocycles. The maximum Gasteiger partial charge on any atom is 0.186 e. The molecule has 2 aromatic heterocycles. The Balaban J connectivity index is 2.07. The highest BCUT2D eigenvalue weighted by Gasteiger charge is 2.07. The minimum atomic E-state index is -0.425. The molecule has 0 radical (unpaired) electrons. The summed E-state index contributed by atoms with van der Waals surface area (Å²) in [6, 6.07) is 3.70. The van der Waals surface area contributed by atoms with Gasteiger partial charge in [-0.3, -0.25) is 0 Å². The normalized spacial score (nSPS) is 10.4. The van der Waals surface area contributed by atoms with E-state index in [1.165, 1.54) is 6.33 Å². The number of nitrogens with zero attached hydrogens (tertiary/aromatic N) is 2. The molecule has 0 saturated carbocycles. The van der Waals surface area contributed by atoms with E-state index in [4.69, 9.17) is 4.42 Å². The van der Waals surface area contributed by atoms with Gasteiger partial charge in [-0.05, 0) is 26.0 Å². The smallest absolute Gasteiger partial charge is 0.186 e. The zero-order valence-electron chi connectivity index (χ0n) is 9.12. The highest BCUT2D eigenvalue weighted by atomic mass is 19.1. The Bertz CT molecular complexity index is 496. The molecule has 0 unspecified atom stereocenters. The highest BCUT2D eigenvalue weighted by molar-refractivity contribution is 5.37. The molecule has 0 bridgehead atoms. The predicted octanol–water partition coefficient (Wildman–Crippen LogP) is 2.44. The summed E-state index contributed by atoms with van der Waals surface area (Å²) in [5.41, 5.74) is 0.327. The topological polar surface area (TPSA) is 51.0 Å². The number of hydrogen-bond donors (Lipinski definition) is 1. The quantitative estimate of drug-likeness (QED) is 0.864. The van der Waals surface area contributed by atoms with Crippen molar-refractivity contribution in [3.05, 3.63) is 41.5 Å². The summed E-state index contributed by atoms with van der Waals surface area (Å²) in [5, 5.41) is 2.86. The monoisotopic (exact) mass is 221 g/mol. The molecule has 0 aliphatic heterocycles. The molecule has 0 spiro atoms. The summed E-state index contributed by atoms with van der Waals surface area (Å²) in [4.78, 5) is 7.57. The lowest BCUT2D eigenvalue weighted by molar-refractivity contribution is 0.489. The average molecular weight is 221 g/mol. The number of halogens is 1. The summed E-state index contributed by atoms with van der Waals surface area (Å²) in [7, 11) is 0. The fourth-order valence-electron chi connectivity index (χ4n) is 1.33. The Morgan fingerprint density at radius 1 is 1.31 bits per heavy atom. The Kier molecular flexibility index (Phi) is 2.85. The minimum absolute atomic E-state index is 0.196. The van der Waals surface area contributed by atoms with Crippen LogP contribution in [0.15, 0.2) is 22.9 Å². The molecule has 0 fully saturated rings. The zero-order valence-corrected chi connectivity index (χ0v) is 9.12. The van der Waals surface area contributed by atoms with E-state index in [9.17, 15) is 4.39 Å². The van der Waals surface area contributed by atoms with Crippen molar-refractivity contribution in [1.82, 2.24) is 9.97 Å². The van der Waals surface area contributed by atoms with Crippen molar-refractivity contribution < 1.29 is 8.81 Å². The van der Waals surface area contributed by atoms with Gasteiger partial charge in [0.1, 0.15) is 17.8 Å². The van der Waals surface area contributed by atoms with Crippen LogP contribution in [0.3, 0.4) is 0 Å². The average Bonchev–Trinajstić information content (AvgIpc) is 2.67. The van der Waals surface area contributed by atoms with E-state index >= 15 is 0 Å². The van der Waals surface area contributed by atoms with Crippen LogP contribution in [0.4, 0.5) is 10.2 Å². The zero-order chi connectivity index (χ0) is 11.5. The lowest BCUT2D eigenvalue weighted by Gasteiger charge is -2.05. The molecule has 0 saturated heterocycles. The van der Waals surface area contributed by atoms with E-state index in [1.807, 2.05) is 19.1 Å². The number of nitrogens with one attached hydrogen (secondary N) is 1. The van der Waals surface area contributed by atoms with Gasteiger partial charge in [0.15, 0.2) is 11.6 Å². The van der Waals surface area contributed by atoms with Crippen molar-refractivity contribution >= 4 is 5.82 Å². The van der Waals surface area contributed by atoms with Gasteiger partial charge in [-0.25, -0.2) is 14.4 Å². The molecule has 2 heterocycles. The molecule has 0 amide bonds. The van der Waals surface area contributed by atoms with E-state index in [0.717, 1.165) is 11.5 Å². The van der Waals surface area contributed by atoms with Gasteiger partial charge in [-0.15, -0.1) is 0 Å². The number of furan rings is 1. The van der Waals surface area contributed by atoms with Crippen LogP contribution in [0.2, 0.25) is 0 Å². The molecular formula is C11H12FN3O. The third kappa shape index (κ3) is 2.18. The van der Waals surface area contributed by atoms with Gasteiger partial charge < -0.3 is 9.73 Å². The second kappa shape index (κ2) is 4.30. The second-order valence-electron chi connectivity index (χ2n) is 3.49. The fraction of sp³-hybridized carbons (Fsp3) is 0.273. The SMILES string of the molecule is Cc1ccc(CNc2ncnc(C)c2F)o1. The summed E-state index contributed by atoms with van der Waals surface area (Å²) >= 11 is 0. The van der Waals surface area contributed by atoms with Crippen molar-refractivity contribution in [3.63, 3.8) is 0 Å². The van der Waals surface area contributed by atoms with Crippen LogP contribution in [0.5, 0.6) is 0 Å². The van der Waals surface area contributed by atoms with E-state index < -0.39 is 5.82 Å². The van der Waals surface area contributed by atoms with Crippen LogP contribution in [0.1, 0.15) is 17.2 Å². The Morgan fingerprint density at radius 2 is 2.12 bits per heavy atom. The molecule has 4 nitrogen and oxygen atoms in total. The number of anilines is 1. The third-order valence-corrected chi connectivity index (χ3v) is 2.19. The maximum atomic E-state index is 13.5. The van der Waals surface area contributed by atoms with Gasteiger partial charge in [0.25, 0.3) is 0 Å². The summed E-state index contributed by atoms with van der Waals surface area (Å²) in [5.74, 6) is 1.34. The van der Waals surface area contributed by atoms with Crippen LogP contribution in [-0.2, 0) is 6.54 Å². The van der Waals surface area contributed by atoms with Crippen molar-refractivity contribution in [2.45, 2.75) is 20.4 Å². The van der Waals surface area contributed by atoms with Gasteiger partial charge in [0.2, 0.25) is 0 Å². The summed E-state index contributed by atoms with van der Waals surface area (Å²) < 4.78 is 18.8. The van der Waals surface area contributed by atoms with Crippen molar-refractivity contribution in [1.29, 1.82) is 0 Å². The second-order valence-corrected chi connectivity index (χ2v) is 3.49. The first-order chi connectivity index (χ1) is 7.66. The van der Waals surface area contributed by atoms with Crippen LogP contribution < -0.4 is 5.32 Å². The standard InChI is InChI=1S/C11H12FN3O/c1-7-3-4-9(16-7)5-13-11-10(12)8(2)14-6-15-11/h3-4,6H,5H2,1-2H3,(H,13,14,15). The highest BCUT2D eigenvalue weighted by Crippen LogP contribution is 2.14. The molecule has 2 rings (SSSR count). The van der Waals surface area contributed by atoms with Crippen molar-refractivity contribution in [2.24, 2.45) is 0 Å². The van der Waals surface area contributed by atoms with Gasteiger partial charge >= 0.3 is 0 Å². The van der Waals surface area contributed by atoms with E-state index in [0.29, 0.717) is 12.2 Å². The molecule has 1 N–H and O–H groups in total. The van der Waals surface area contributed by atoms with Gasteiger partial charge in [0, 0.05) is 0 Å². The molecule has 2 aromatic rings. The first-order valence-corrected chi connectivity index (χ1v) is 4.93. The molecular weight excluding hydrogens is 209 g/mol. The Morgan fingerprint density at radius 3 is 2.81 bits per heavy atom. The number of hydrogen-bond acceptors (Lipinski definition) is 4. The summed E-state index contributed by atoms with van der Waals surface area (Å²) in [6.07, 6.45) is 1.33. The molecule has 0 aliphatic rings. The molecule has 16 heavy (non-hydrogen) atoms. The first-order valence-electron chi connectivity index (χ1n) is 4.93. The van der Waals surface area contributed by atoms with Crippen LogP contribution in [0, 0.1) is 19.7 Å². The van der Waals surface area contributed by atoms with E-state index in [-0.39, 0.29) is 5.82 Å². The lowest BCUT2D eigenvalue weighted by Crippen LogP contribution is -2.05. The summed E-state index contributed by atoms with van der Waals surface area (Å²) in [6.45, 7) is 3.86. The number of aryl methyl sites for hydroxylation is 2. The molecule has 5 heteroatoms. The molecule has 0 aromatic carbocycles. The van der Waals surface area contributed by atoms with Crippen LogP contribution >= 0.6 is 0 Å². The third-order valence-electron chi connectivity index (χ3n) is 2.19. The van der Waals surface area contributed by atoms with Crippen molar-refractivity contribution in [3.8, 4) is 0 Å². The molecule has 0 atom stereocenters. The Labute approximate surface area is 92.5 Å². The number of rotatable bonds is 3. The van der Waals surface area contributed by atoms with Gasteiger partial charge in [0.05, 0.1) is 12.2 Å². The predicted molar refractivity (Wildman–Crippen MR) is 57.5 cm³/mol. The fourth-order valence-corrected chi connectivity index (χ4v) is 1.33. The van der Waals surface area contributed by atoms with Crippen LogP contribution in [-0.4, -0.2) is 9.97 Å². The first kappa shape index (κ1) is 10.6. The Hall–Kier alpha value is -1.91. The van der Waals surface area contributed by atoms with E-state index in [1.54, 1.807) is 6.92 Å². The number of aromatic nitrogens is 2. The van der Waals surface area contributed by atoms with Gasteiger partial charge in [-0.2, -0.15) is 0 Å².